The lowest BCUT2D eigenvalue weighted by atomic mass is 10.2. The number of nitrogens with two attached hydrogens (primary N) is 1. The van der Waals surface area contributed by atoms with Crippen LogP contribution in [0.4, 0.5) is 16.2 Å². The van der Waals surface area contributed by atoms with Crippen LogP contribution in [0.2, 0.25) is 0 Å². The predicted octanol–water partition coefficient (Wildman–Crippen LogP) is 1.26. The van der Waals surface area contributed by atoms with Crippen LogP contribution >= 0.6 is 11.8 Å². The summed E-state index contributed by atoms with van der Waals surface area (Å²) in [4.78, 5) is 24.2. The number of nitrogens with zero attached hydrogens (tertiary/aromatic N) is 1. The number of aliphatic carboxylic acids is 1. The Labute approximate surface area is 108 Å². The average molecular weight is 267 g/mol. The van der Waals surface area contributed by atoms with Gasteiger partial charge in [-0.1, -0.05) is 12.1 Å². The molecule has 1 saturated heterocycles. The zero-order chi connectivity index (χ0) is 13.1. The second kappa shape index (κ2) is 5.18. The SMILES string of the molecule is Nc1ccccc1NC(=O)N1CSCC1C(=O)O. The Hall–Kier alpha value is -1.89. The number of thioether (sulfide) groups is 1. The van der Waals surface area contributed by atoms with Gasteiger partial charge in [0, 0.05) is 5.75 Å². The van der Waals surface area contributed by atoms with Crippen LogP contribution in [0.15, 0.2) is 24.3 Å². The Bertz CT molecular complexity index is 480. The maximum Gasteiger partial charge on any atom is 0.327 e. The topological polar surface area (TPSA) is 95.7 Å². The summed E-state index contributed by atoms with van der Waals surface area (Å²) in [5.41, 5.74) is 6.65. The molecule has 6 nitrogen and oxygen atoms in total. The van der Waals surface area contributed by atoms with Gasteiger partial charge >= 0.3 is 12.0 Å². The third kappa shape index (κ3) is 2.51. The standard InChI is InChI=1S/C11H13N3O3S/c12-7-3-1-2-4-8(7)13-11(17)14-6-18-5-9(14)10(15)16/h1-4,9H,5-6,12H2,(H,13,17)(H,15,16). The third-order valence-electron chi connectivity index (χ3n) is 2.63. The molecule has 1 aromatic carbocycles. The molecule has 0 saturated carbocycles. The number of benzene rings is 1. The van der Waals surface area contributed by atoms with Gasteiger partial charge in [-0.15, -0.1) is 11.8 Å². The van der Waals surface area contributed by atoms with Crippen LogP contribution in [0, 0.1) is 0 Å². The molecule has 1 aromatic rings. The summed E-state index contributed by atoms with van der Waals surface area (Å²) >= 11 is 1.41. The largest absolute Gasteiger partial charge is 0.480 e. The number of carbonyl (C=O) groups is 2. The number of nitrogen functional groups attached to an aromatic ring is 1. The second-order valence-electron chi connectivity index (χ2n) is 3.84. The van der Waals surface area contributed by atoms with Crippen LogP contribution in [0.1, 0.15) is 0 Å². The fourth-order valence-corrected chi connectivity index (χ4v) is 2.79. The molecule has 96 valence electrons. The Kier molecular flexibility index (Phi) is 3.61. The van der Waals surface area contributed by atoms with E-state index in [1.807, 2.05) is 0 Å². The highest BCUT2D eigenvalue weighted by molar-refractivity contribution is 7.99. The van der Waals surface area contributed by atoms with Crippen molar-refractivity contribution in [1.29, 1.82) is 0 Å². The number of carbonyl (C=O) groups excluding carboxylic acids is 1. The molecule has 0 radical (unpaired) electrons. The van der Waals surface area contributed by atoms with Crippen LogP contribution < -0.4 is 11.1 Å². The van der Waals surface area contributed by atoms with Gasteiger partial charge in [0.2, 0.25) is 0 Å². The van der Waals surface area contributed by atoms with Crippen LogP contribution in [-0.4, -0.2) is 39.7 Å². The first-order valence-corrected chi connectivity index (χ1v) is 6.47. The fraction of sp³-hybridized carbons (Fsp3) is 0.273. The summed E-state index contributed by atoms with van der Waals surface area (Å²) in [5.74, 6) is -0.209. The molecular weight excluding hydrogens is 254 g/mol. The highest BCUT2D eigenvalue weighted by Crippen LogP contribution is 2.23. The van der Waals surface area contributed by atoms with Crippen molar-refractivity contribution < 1.29 is 14.7 Å². The molecule has 1 aliphatic rings. The molecule has 1 aliphatic heterocycles. The minimum atomic E-state index is -0.990. The second-order valence-corrected chi connectivity index (χ2v) is 4.84. The van der Waals surface area contributed by atoms with Gasteiger partial charge in [-0.25, -0.2) is 9.59 Å². The lowest BCUT2D eigenvalue weighted by Crippen LogP contribution is -2.44. The first-order chi connectivity index (χ1) is 8.59. The molecule has 1 unspecified atom stereocenters. The van der Waals surface area contributed by atoms with E-state index in [1.165, 1.54) is 16.7 Å². The van der Waals surface area contributed by atoms with E-state index in [4.69, 9.17) is 10.8 Å². The fourth-order valence-electron chi connectivity index (χ4n) is 1.65. The minimum absolute atomic E-state index is 0.371. The number of anilines is 2. The summed E-state index contributed by atoms with van der Waals surface area (Å²) in [5, 5.41) is 11.6. The first-order valence-electron chi connectivity index (χ1n) is 5.32. The van der Waals surface area contributed by atoms with Crippen LogP contribution in [0.3, 0.4) is 0 Å². The van der Waals surface area contributed by atoms with Gasteiger partial charge in [0.05, 0.1) is 17.3 Å². The Morgan fingerprint density at radius 1 is 1.44 bits per heavy atom. The summed E-state index contributed by atoms with van der Waals surface area (Å²) in [6.07, 6.45) is 0. The summed E-state index contributed by atoms with van der Waals surface area (Å²) in [7, 11) is 0. The van der Waals surface area contributed by atoms with Crippen molar-refractivity contribution in [2.75, 3.05) is 22.7 Å². The lowest BCUT2D eigenvalue weighted by molar-refractivity contribution is -0.140. The van der Waals surface area contributed by atoms with Gasteiger partial charge in [-0.3, -0.25) is 0 Å². The van der Waals surface area contributed by atoms with E-state index < -0.39 is 18.0 Å². The van der Waals surface area contributed by atoms with Gasteiger partial charge in [-0.05, 0) is 12.1 Å². The number of hydrogen-bond acceptors (Lipinski definition) is 4. The van der Waals surface area contributed by atoms with Crippen molar-refractivity contribution in [1.82, 2.24) is 4.90 Å². The predicted molar refractivity (Wildman–Crippen MR) is 70.5 cm³/mol. The van der Waals surface area contributed by atoms with E-state index in [9.17, 15) is 9.59 Å². The summed E-state index contributed by atoms with van der Waals surface area (Å²) < 4.78 is 0. The number of urea groups is 1. The number of nitrogens with one attached hydrogen (secondary N) is 1. The molecule has 4 N–H and O–H groups in total. The van der Waals surface area contributed by atoms with Gasteiger partial charge in [0.25, 0.3) is 0 Å². The highest BCUT2D eigenvalue weighted by Gasteiger charge is 2.34. The number of rotatable bonds is 2. The van der Waals surface area contributed by atoms with Crippen molar-refractivity contribution in [3.63, 3.8) is 0 Å². The normalized spacial score (nSPS) is 18.7. The maximum atomic E-state index is 12.0. The Balaban J connectivity index is 2.08. The van der Waals surface area contributed by atoms with Gasteiger partial charge < -0.3 is 21.1 Å². The number of para-hydroxylation sites is 2. The van der Waals surface area contributed by atoms with E-state index in [2.05, 4.69) is 5.32 Å². The molecule has 7 heteroatoms. The molecule has 0 spiro atoms. The molecule has 1 atom stereocenters. The van der Waals surface area contributed by atoms with E-state index in [0.29, 0.717) is 23.0 Å². The molecule has 2 amide bonds. The lowest BCUT2D eigenvalue weighted by Gasteiger charge is -2.21. The van der Waals surface area contributed by atoms with Crippen molar-refractivity contribution in [2.24, 2.45) is 0 Å². The summed E-state index contributed by atoms with van der Waals surface area (Å²) in [6, 6.07) is 5.64. The van der Waals surface area contributed by atoms with Crippen molar-refractivity contribution in [3.05, 3.63) is 24.3 Å². The van der Waals surface area contributed by atoms with Gasteiger partial charge in [0.1, 0.15) is 6.04 Å². The quantitative estimate of drug-likeness (QED) is 0.701. The number of hydrogen-bond donors (Lipinski definition) is 3. The van der Waals surface area contributed by atoms with E-state index in [0.717, 1.165) is 0 Å². The van der Waals surface area contributed by atoms with Crippen LogP contribution in [-0.2, 0) is 4.79 Å². The monoisotopic (exact) mass is 267 g/mol. The Morgan fingerprint density at radius 3 is 2.83 bits per heavy atom. The minimum Gasteiger partial charge on any atom is -0.480 e. The maximum absolute atomic E-state index is 12.0. The number of carboxylic acids is 1. The van der Waals surface area contributed by atoms with Crippen LogP contribution in [0.5, 0.6) is 0 Å². The van der Waals surface area contributed by atoms with Crippen LogP contribution in [0.25, 0.3) is 0 Å². The Morgan fingerprint density at radius 2 is 2.17 bits per heavy atom. The molecule has 1 fully saturated rings. The number of amides is 2. The molecule has 0 aliphatic carbocycles. The summed E-state index contributed by atoms with van der Waals surface area (Å²) in [6.45, 7) is 0. The molecule has 0 bridgehead atoms. The smallest absolute Gasteiger partial charge is 0.327 e. The van der Waals surface area contributed by atoms with Crippen molar-refractivity contribution in [3.8, 4) is 0 Å². The van der Waals surface area contributed by atoms with E-state index in [1.54, 1.807) is 24.3 Å². The molecular formula is C11H13N3O3S. The van der Waals surface area contributed by atoms with Crippen molar-refractivity contribution in [2.45, 2.75) is 6.04 Å². The first kappa shape index (κ1) is 12.6. The van der Waals surface area contributed by atoms with E-state index >= 15 is 0 Å². The number of carboxylic acid groups (broad SMARTS) is 1. The van der Waals surface area contributed by atoms with Gasteiger partial charge in [0.15, 0.2) is 0 Å². The van der Waals surface area contributed by atoms with Gasteiger partial charge in [-0.2, -0.15) is 0 Å². The molecule has 0 aromatic heterocycles. The third-order valence-corrected chi connectivity index (χ3v) is 3.64. The van der Waals surface area contributed by atoms with E-state index in [-0.39, 0.29) is 0 Å². The highest BCUT2D eigenvalue weighted by atomic mass is 32.2. The molecule has 1 heterocycles. The zero-order valence-corrected chi connectivity index (χ0v) is 10.3. The zero-order valence-electron chi connectivity index (χ0n) is 9.50. The van der Waals surface area contributed by atoms with Crippen molar-refractivity contribution >= 4 is 35.1 Å². The molecule has 2 rings (SSSR count). The molecule has 18 heavy (non-hydrogen) atoms. The average Bonchev–Trinajstić information content (AvgIpc) is 2.81.